The van der Waals surface area contributed by atoms with Crippen molar-refractivity contribution < 1.29 is 13.9 Å². The average molecular weight is 460 g/mol. The highest BCUT2D eigenvalue weighted by molar-refractivity contribution is 7.15. The molecule has 8 heteroatoms. The van der Waals surface area contributed by atoms with Crippen LogP contribution in [-0.4, -0.2) is 22.7 Å². The van der Waals surface area contributed by atoms with Gasteiger partial charge in [-0.15, -0.1) is 10.2 Å². The molecule has 7 nitrogen and oxygen atoms in total. The van der Waals surface area contributed by atoms with Crippen molar-refractivity contribution >= 4 is 33.3 Å². The number of aromatic nitrogens is 2. The van der Waals surface area contributed by atoms with Crippen molar-refractivity contribution in [2.45, 2.75) is 26.3 Å². The number of fused-ring (bicyclic) bond motifs is 2. The van der Waals surface area contributed by atoms with Crippen molar-refractivity contribution in [3.05, 3.63) is 92.8 Å². The lowest BCUT2D eigenvalue weighted by Gasteiger charge is -2.22. The van der Waals surface area contributed by atoms with E-state index in [2.05, 4.69) is 16.8 Å². The zero-order valence-electron chi connectivity index (χ0n) is 18.2. The van der Waals surface area contributed by atoms with E-state index in [1.807, 2.05) is 44.2 Å². The first-order valence-electron chi connectivity index (χ1n) is 10.6. The van der Waals surface area contributed by atoms with E-state index in [1.54, 1.807) is 18.2 Å². The third kappa shape index (κ3) is 3.52. The molecule has 1 atom stereocenters. The third-order valence-electron chi connectivity index (χ3n) is 5.53. The maximum absolute atomic E-state index is 13.7. The predicted octanol–water partition coefficient (Wildman–Crippen LogP) is 4.83. The van der Waals surface area contributed by atoms with Crippen LogP contribution in [0.1, 0.15) is 45.2 Å². The van der Waals surface area contributed by atoms with Crippen LogP contribution in [0.15, 0.2) is 64.3 Å². The standard InChI is InChI=1S/C25H21N3O4S/c1-4-11-31-16-8-6-7-15(13-16)21-20-22(29)17-12-14(3)9-10-18(17)32-23(20)24(30)28(21)25-27-26-19(5-2)33-25/h4,6-10,12-13,21H,1,5,11H2,2-3H3. The molecule has 0 fully saturated rings. The van der Waals surface area contributed by atoms with E-state index in [0.29, 0.717) is 40.4 Å². The van der Waals surface area contributed by atoms with Crippen molar-refractivity contribution in [1.29, 1.82) is 0 Å². The minimum absolute atomic E-state index is 0.0343. The number of anilines is 1. The smallest absolute Gasteiger partial charge is 0.297 e. The van der Waals surface area contributed by atoms with Gasteiger partial charge in [-0.05, 0) is 43.2 Å². The topological polar surface area (TPSA) is 85.5 Å². The number of ether oxygens (including phenoxy) is 1. The molecule has 0 radical (unpaired) electrons. The number of nitrogens with zero attached hydrogens (tertiary/aromatic N) is 3. The number of amides is 1. The van der Waals surface area contributed by atoms with Crippen LogP contribution in [-0.2, 0) is 6.42 Å². The van der Waals surface area contributed by atoms with Crippen molar-refractivity contribution in [2.75, 3.05) is 11.5 Å². The molecule has 0 N–H and O–H groups in total. The Morgan fingerprint density at radius 3 is 2.82 bits per heavy atom. The fourth-order valence-electron chi connectivity index (χ4n) is 4.01. The fourth-order valence-corrected chi connectivity index (χ4v) is 4.82. The Labute approximate surface area is 194 Å². The van der Waals surface area contributed by atoms with Gasteiger partial charge in [0.25, 0.3) is 5.91 Å². The lowest BCUT2D eigenvalue weighted by Crippen LogP contribution is -2.29. The summed E-state index contributed by atoms with van der Waals surface area (Å²) in [6, 6.07) is 12.0. The van der Waals surface area contributed by atoms with Gasteiger partial charge in [-0.1, -0.05) is 54.7 Å². The molecule has 2 aromatic heterocycles. The van der Waals surface area contributed by atoms with Gasteiger partial charge in [-0.3, -0.25) is 14.5 Å². The minimum Gasteiger partial charge on any atom is -0.490 e. The van der Waals surface area contributed by atoms with Gasteiger partial charge in [0.1, 0.15) is 22.9 Å². The van der Waals surface area contributed by atoms with E-state index in [9.17, 15) is 9.59 Å². The second-order valence-corrected chi connectivity index (χ2v) is 8.80. The molecule has 3 heterocycles. The molecule has 166 valence electrons. The monoisotopic (exact) mass is 459 g/mol. The lowest BCUT2D eigenvalue weighted by molar-refractivity contribution is 0.0970. The van der Waals surface area contributed by atoms with Gasteiger partial charge in [-0.25, -0.2) is 0 Å². The molecular weight excluding hydrogens is 438 g/mol. The molecule has 5 rings (SSSR count). The van der Waals surface area contributed by atoms with Crippen molar-refractivity contribution in [3.8, 4) is 5.75 Å². The number of hydrogen-bond donors (Lipinski definition) is 0. The highest BCUT2D eigenvalue weighted by atomic mass is 32.1. The molecule has 0 saturated heterocycles. The molecule has 4 aromatic rings. The third-order valence-corrected chi connectivity index (χ3v) is 6.60. The molecule has 0 aliphatic carbocycles. The van der Waals surface area contributed by atoms with Crippen molar-refractivity contribution in [3.63, 3.8) is 0 Å². The summed E-state index contributed by atoms with van der Waals surface area (Å²) in [7, 11) is 0. The maximum Gasteiger partial charge on any atom is 0.297 e. The number of carbonyl (C=O) groups excluding carboxylic acids is 1. The first-order chi connectivity index (χ1) is 16.0. The van der Waals surface area contributed by atoms with Crippen LogP contribution >= 0.6 is 11.3 Å². The number of hydrogen-bond acceptors (Lipinski definition) is 7. The van der Waals surface area contributed by atoms with Gasteiger partial charge in [0.15, 0.2) is 5.43 Å². The molecule has 0 bridgehead atoms. The Hall–Kier alpha value is -3.78. The van der Waals surface area contributed by atoms with E-state index in [4.69, 9.17) is 9.15 Å². The summed E-state index contributed by atoms with van der Waals surface area (Å²) in [6.07, 6.45) is 2.35. The van der Waals surface area contributed by atoms with Crippen LogP contribution in [0.2, 0.25) is 0 Å². The Kier molecular flexibility index (Phi) is 5.30. The Morgan fingerprint density at radius 1 is 1.21 bits per heavy atom. The van der Waals surface area contributed by atoms with E-state index in [-0.39, 0.29) is 11.2 Å². The summed E-state index contributed by atoms with van der Waals surface area (Å²) in [6.45, 7) is 7.91. The largest absolute Gasteiger partial charge is 0.490 e. The summed E-state index contributed by atoms with van der Waals surface area (Å²) in [5, 5.41) is 10.1. The first-order valence-corrected chi connectivity index (χ1v) is 11.4. The second kappa shape index (κ2) is 8.29. The summed E-state index contributed by atoms with van der Waals surface area (Å²) >= 11 is 1.33. The normalized spacial score (nSPS) is 15.2. The van der Waals surface area contributed by atoms with Gasteiger partial charge in [0.2, 0.25) is 10.9 Å². The van der Waals surface area contributed by atoms with Crippen LogP contribution in [0.5, 0.6) is 5.75 Å². The van der Waals surface area contributed by atoms with Crippen molar-refractivity contribution in [2.24, 2.45) is 0 Å². The maximum atomic E-state index is 13.7. The van der Waals surface area contributed by atoms with E-state index < -0.39 is 11.9 Å². The lowest BCUT2D eigenvalue weighted by atomic mass is 9.98. The molecule has 1 aliphatic rings. The summed E-state index contributed by atoms with van der Waals surface area (Å²) in [5.41, 5.74) is 2.11. The molecule has 0 spiro atoms. The zero-order chi connectivity index (χ0) is 23.1. The minimum atomic E-state index is -0.710. The van der Waals surface area contributed by atoms with Gasteiger partial charge in [-0.2, -0.15) is 0 Å². The van der Waals surface area contributed by atoms with Crippen LogP contribution in [0.4, 0.5) is 5.13 Å². The Bertz CT molecular complexity index is 1460. The quantitative estimate of drug-likeness (QED) is 0.384. The molecule has 33 heavy (non-hydrogen) atoms. The highest BCUT2D eigenvalue weighted by Gasteiger charge is 2.45. The number of carbonyl (C=O) groups is 1. The Morgan fingerprint density at radius 2 is 2.06 bits per heavy atom. The molecule has 1 unspecified atom stereocenters. The molecule has 1 amide bonds. The van der Waals surface area contributed by atoms with Crippen LogP contribution < -0.4 is 15.1 Å². The number of rotatable bonds is 6. The number of benzene rings is 2. The summed E-state index contributed by atoms with van der Waals surface area (Å²) in [4.78, 5) is 28.8. The van der Waals surface area contributed by atoms with Gasteiger partial charge < -0.3 is 9.15 Å². The van der Waals surface area contributed by atoms with E-state index in [1.165, 1.54) is 16.2 Å². The molecule has 0 saturated carbocycles. The van der Waals surface area contributed by atoms with Crippen LogP contribution in [0.3, 0.4) is 0 Å². The summed E-state index contributed by atoms with van der Waals surface area (Å²) < 4.78 is 11.7. The molecule has 2 aromatic carbocycles. The fraction of sp³-hybridized carbons (Fsp3) is 0.200. The Balaban J connectivity index is 1.75. The first kappa shape index (κ1) is 21.1. The molecular formula is C25H21N3O4S. The average Bonchev–Trinajstić information content (AvgIpc) is 3.41. The number of aryl methyl sites for hydroxylation is 2. The SMILES string of the molecule is C=CCOc1cccc(C2c3c(oc4ccc(C)cc4c3=O)C(=O)N2c2nnc(CC)s2)c1. The van der Waals surface area contributed by atoms with Gasteiger partial charge in [0.05, 0.1) is 17.0 Å². The van der Waals surface area contributed by atoms with Crippen LogP contribution in [0.25, 0.3) is 11.0 Å². The van der Waals surface area contributed by atoms with Crippen molar-refractivity contribution in [1.82, 2.24) is 10.2 Å². The van der Waals surface area contributed by atoms with E-state index in [0.717, 1.165) is 16.1 Å². The van der Waals surface area contributed by atoms with Gasteiger partial charge in [0, 0.05) is 0 Å². The van der Waals surface area contributed by atoms with Crippen LogP contribution in [0, 0.1) is 6.92 Å². The van der Waals surface area contributed by atoms with E-state index >= 15 is 0 Å². The summed E-state index contributed by atoms with van der Waals surface area (Å²) in [5.74, 6) is 0.235. The second-order valence-electron chi connectivity index (χ2n) is 7.76. The molecule has 1 aliphatic heterocycles. The van der Waals surface area contributed by atoms with Gasteiger partial charge >= 0.3 is 0 Å². The highest BCUT2D eigenvalue weighted by Crippen LogP contribution is 2.42. The zero-order valence-corrected chi connectivity index (χ0v) is 19.0. The predicted molar refractivity (Wildman–Crippen MR) is 127 cm³/mol.